The first-order valence-electron chi connectivity index (χ1n) is 7.71. The predicted octanol–water partition coefficient (Wildman–Crippen LogP) is 2.98. The van der Waals surface area contributed by atoms with Crippen molar-refractivity contribution in [2.45, 2.75) is 18.9 Å². The Morgan fingerprint density at radius 1 is 1.12 bits per heavy atom. The number of carbonyl (C=O) groups is 1. The number of hydrogen-bond acceptors (Lipinski definition) is 3. The average Bonchev–Trinajstić information content (AvgIpc) is 3.22. The van der Waals surface area contributed by atoms with E-state index >= 15 is 0 Å². The van der Waals surface area contributed by atoms with Crippen LogP contribution in [0.3, 0.4) is 0 Å². The number of fused-ring (bicyclic) bond motifs is 1. The molecule has 0 radical (unpaired) electrons. The van der Waals surface area contributed by atoms with Crippen molar-refractivity contribution in [1.29, 1.82) is 0 Å². The van der Waals surface area contributed by atoms with E-state index in [1.54, 1.807) is 4.90 Å². The molecule has 0 spiro atoms. The highest BCUT2D eigenvalue weighted by Crippen LogP contribution is 2.32. The molecule has 24 heavy (non-hydrogen) atoms. The number of likely N-dealkylation sites (tertiary alicyclic amines) is 1. The van der Waals surface area contributed by atoms with Crippen LogP contribution in [0.5, 0.6) is 0 Å². The number of halogens is 2. The summed E-state index contributed by atoms with van der Waals surface area (Å²) in [6.07, 6.45) is 3.43. The lowest BCUT2D eigenvalue weighted by Crippen LogP contribution is -2.31. The maximum absolute atomic E-state index is 13.4. The molecule has 0 bridgehead atoms. The zero-order valence-corrected chi connectivity index (χ0v) is 12.7. The van der Waals surface area contributed by atoms with Gasteiger partial charge in [0, 0.05) is 18.3 Å². The van der Waals surface area contributed by atoms with Crippen LogP contribution in [0.4, 0.5) is 8.78 Å². The Bertz CT molecular complexity index is 924. The molecule has 0 unspecified atom stereocenters. The van der Waals surface area contributed by atoms with Crippen molar-refractivity contribution in [3.8, 4) is 0 Å². The number of pyridine rings is 1. The monoisotopic (exact) mass is 328 g/mol. The third kappa shape index (κ3) is 2.33. The normalized spacial score (nSPS) is 17.6. The number of benzene rings is 1. The summed E-state index contributed by atoms with van der Waals surface area (Å²) in [6, 6.07) is 8.56. The summed E-state index contributed by atoms with van der Waals surface area (Å²) in [5.41, 5.74) is 0.842. The molecule has 1 atom stereocenters. The molecule has 4 rings (SSSR count). The molecule has 2 aromatic heterocycles. The molecule has 0 aliphatic carbocycles. The Kier molecular flexibility index (Phi) is 3.48. The van der Waals surface area contributed by atoms with Gasteiger partial charge in [-0.15, -0.1) is 10.2 Å². The van der Waals surface area contributed by atoms with Crippen LogP contribution in [0.15, 0.2) is 42.6 Å². The number of rotatable bonds is 2. The smallest absolute Gasteiger partial charge is 0.254 e. The van der Waals surface area contributed by atoms with E-state index in [4.69, 9.17) is 0 Å². The van der Waals surface area contributed by atoms with E-state index in [0.29, 0.717) is 18.0 Å². The summed E-state index contributed by atoms with van der Waals surface area (Å²) in [5.74, 6) is -1.64. The quantitative estimate of drug-likeness (QED) is 0.727. The minimum atomic E-state index is -1.02. The van der Waals surface area contributed by atoms with Gasteiger partial charge < -0.3 is 4.90 Å². The lowest BCUT2D eigenvalue weighted by atomic mass is 10.1. The first-order valence-corrected chi connectivity index (χ1v) is 7.71. The molecule has 0 N–H and O–H groups in total. The summed E-state index contributed by atoms with van der Waals surface area (Å²) in [7, 11) is 0. The Morgan fingerprint density at radius 3 is 2.83 bits per heavy atom. The highest BCUT2D eigenvalue weighted by Gasteiger charge is 2.33. The lowest BCUT2D eigenvalue weighted by Gasteiger charge is -2.23. The van der Waals surface area contributed by atoms with Gasteiger partial charge in [-0.1, -0.05) is 6.07 Å². The molecule has 1 aromatic carbocycles. The standard InChI is InChI=1S/C17H14F2N4O/c18-12-7-6-11(10-13(12)19)17(24)22-9-3-4-14(22)16-21-20-15-5-1-2-8-23(15)16/h1-2,5-8,10,14H,3-4,9H2/t14-/m0/s1. The third-order valence-corrected chi connectivity index (χ3v) is 4.32. The molecule has 5 nitrogen and oxygen atoms in total. The summed E-state index contributed by atoms with van der Waals surface area (Å²) >= 11 is 0. The molecule has 7 heteroatoms. The molecule has 1 fully saturated rings. The maximum Gasteiger partial charge on any atom is 0.254 e. The van der Waals surface area contributed by atoms with Gasteiger partial charge in [-0.3, -0.25) is 9.20 Å². The zero-order chi connectivity index (χ0) is 16.7. The van der Waals surface area contributed by atoms with Crippen LogP contribution in [0.2, 0.25) is 0 Å². The van der Waals surface area contributed by atoms with Gasteiger partial charge in [-0.05, 0) is 43.2 Å². The molecular weight excluding hydrogens is 314 g/mol. The van der Waals surface area contributed by atoms with Crippen LogP contribution in [0.1, 0.15) is 35.1 Å². The van der Waals surface area contributed by atoms with Gasteiger partial charge in [0.1, 0.15) is 0 Å². The van der Waals surface area contributed by atoms with Gasteiger partial charge in [0.05, 0.1) is 6.04 Å². The van der Waals surface area contributed by atoms with E-state index < -0.39 is 11.6 Å². The topological polar surface area (TPSA) is 50.5 Å². The fraction of sp³-hybridized carbons (Fsp3) is 0.235. The van der Waals surface area contributed by atoms with Gasteiger partial charge in [0.15, 0.2) is 23.1 Å². The molecule has 3 heterocycles. The van der Waals surface area contributed by atoms with Crippen LogP contribution in [-0.2, 0) is 0 Å². The number of amides is 1. The van der Waals surface area contributed by atoms with Crippen LogP contribution in [0.25, 0.3) is 5.65 Å². The fourth-order valence-corrected chi connectivity index (χ4v) is 3.16. The molecule has 1 saturated heterocycles. The van der Waals surface area contributed by atoms with Gasteiger partial charge in [0.25, 0.3) is 5.91 Å². The van der Waals surface area contributed by atoms with Crippen molar-refractivity contribution >= 4 is 11.6 Å². The lowest BCUT2D eigenvalue weighted by molar-refractivity contribution is 0.0728. The van der Waals surface area contributed by atoms with E-state index in [2.05, 4.69) is 10.2 Å². The van der Waals surface area contributed by atoms with Crippen LogP contribution in [-0.4, -0.2) is 31.9 Å². The van der Waals surface area contributed by atoms with Crippen LogP contribution < -0.4 is 0 Å². The van der Waals surface area contributed by atoms with Gasteiger partial charge >= 0.3 is 0 Å². The summed E-state index contributed by atoms with van der Waals surface area (Å²) in [5, 5.41) is 8.34. The molecule has 1 aliphatic rings. The molecule has 3 aromatic rings. The van der Waals surface area contributed by atoms with Crippen molar-refractivity contribution in [3.05, 3.63) is 65.6 Å². The van der Waals surface area contributed by atoms with Crippen molar-refractivity contribution in [2.75, 3.05) is 6.54 Å². The van der Waals surface area contributed by atoms with Crippen LogP contribution in [0, 0.1) is 11.6 Å². The summed E-state index contributed by atoms with van der Waals surface area (Å²) in [6.45, 7) is 0.546. The van der Waals surface area contributed by atoms with Crippen molar-refractivity contribution in [3.63, 3.8) is 0 Å². The number of aromatic nitrogens is 3. The van der Waals surface area contributed by atoms with E-state index in [0.717, 1.165) is 25.0 Å². The summed E-state index contributed by atoms with van der Waals surface area (Å²) < 4.78 is 28.4. The van der Waals surface area contributed by atoms with E-state index in [1.165, 1.54) is 6.07 Å². The first kappa shape index (κ1) is 14.7. The Labute approximate surface area is 136 Å². The highest BCUT2D eigenvalue weighted by atomic mass is 19.2. The zero-order valence-electron chi connectivity index (χ0n) is 12.7. The Balaban J connectivity index is 1.69. The molecule has 122 valence electrons. The van der Waals surface area contributed by atoms with Gasteiger partial charge in [0.2, 0.25) is 0 Å². The van der Waals surface area contributed by atoms with Crippen molar-refractivity contribution < 1.29 is 13.6 Å². The molecule has 1 amide bonds. The van der Waals surface area contributed by atoms with E-state index in [1.807, 2.05) is 28.8 Å². The Morgan fingerprint density at radius 2 is 2.00 bits per heavy atom. The second kappa shape index (κ2) is 5.67. The van der Waals surface area contributed by atoms with Gasteiger partial charge in [-0.2, -0.15) is 0 Å². The number of nitrogens with zero attached hydrogens (tertiary/aromatic N) is 4. The largest absolute Gasteiger partial charge is 0.328 e. The van der Waals surface area contributed by atoms with Crippen molar-refractivity contribution in [1.82, 2.24) is 19.5 Å². The molecule has 0 saturated carbocycles. The van der Waals surface area contributed by atoms with E-state index in [-0.39, 0.29) is 17.5 Å². The van der Waals surface area contributed by atoms with E-state index in [9.17, 15) is 13.6 Å². The minimum Gasteiger partial charge on any atom is -0.328 e. The average molecular weight is 328 g/mol. The highest BCUT2D eigenvalue weighted by molar-refractivity contribution is 5.94. The first-order chi connectivity index (χ1) is 11.6. The number of carbonyl (C=O) groups excluding carboxylic acids is 1. The van der Waals surface area contributed by atoms with Crippen molar-refractivity contribution in [2.24, 2.45) is 0 Å². The molecular formula is C17H14F2N4O. The SMILES string of the molecule is O=C(c1ccc(F)c(F)c1)N1CCC[C@H]1c1nnc2ccccn12. The second-order valence-corrected chi connectivity index (χ2v) is 5.77. The maximum atomic E-state index is 13.4. The van der Waals surface area contributed by atoms with Gasteiger partial charge in [-0.25, -0.2) is 8.78 Å². The third-order valence-electron chi connectivity index (χ3n) is 4.32. The predicted molar refractivity (Wildman–Crippen MR) is 82.4 cm³/mol. The molecule has 1 aliphatic heterocycles. The minimum absolute atomic E-state index is 0.134. The summed E-state index contributed by atoms with van der Waals surface area (Å²) in [4.78, 5) is 14.4. The van der Waals surface area contributed by atoms with Crippen LogP contribution >= 0.6 is 0 Å². The fourth-order valence-electron chi connectivity index (χ4n) is 3.16. The Hall–Kier alpha value is -2.83. The number of hydrogen-bond donors (Lipinski definition) is 0. The second-order valence-electron chi connectivity index (χ2n) is 5.77.